The summed E-state index contributed by atoms with van der Waals surface area (Å²) < 4.78 is 16.1. The van der Waals surface area contributed by atoms with Gasteiger partial charge in [-0.25, -0.2) is 0 Å². The van der Waals surface area contributed by atoms with Gasteiger partial charge in [-0.3, -0.25) is 9.59 Å². The number of nitrogens with two attached hydrogens (primary N) is 1. The summed E-state index contributed by atoms with van der Waals surface area (Å²) in [5, 5.41) is 0. The Kier molecular flexibility index (Phi) is 7.12. The summed E-state index contributed by atoms with van der Waals surface area (Å²) in [5.74, 6) is 1.09. The number of ether oxygens (including phenoxy) is 3. The van der Waals surface area contributed by atoms with Crippen LogP contribution in [0.4, 0.5) is 0 Å². The minimum atomic E-state index is -0.478. The quantitative estimate of drug-likeness (QED) is 0.723. The minimum absolute atomic E-state index is 0.0213. The number of aryl methyl sites for hydroxylation is 1. The van der Waals surface area contributed by atoms with Crippen molar-refractivity contribution in [3.8, 4) is 17.2 Å². The van der Waals surface area contributed by atoms with E-state index in [2.05, 4.69) is 0 Å². The Labute approximate surface area is 154 Å². The van der Waals surface area contributed by atoms with E-state index in [0.717, 1.165) is 31.2 Å². The second kappa shape index (κ2) is 9.31. The normalized spacial score (nSPS) is 14.1. The van der Waals surface area contributed by atoms with Gasteiger partial charge in [0.25, 0.3) is 0 Å². The first-order valence-corrected chi connectivity index (χ1v) is 8.87. The van der Waals surface area contributed by atoms with Crippen molar-refractivity contribution in [1.29, 1.82) is 0 Å². The van der Waals surface area contributed by atoms with Gasteiger partial charge in [0.05, 0.1) is 27.9 Å². The predicted octanol–water partition coefficient (Wildman–Crippen LogP) is 1.90. The van der Waals surface area contributed by atoms with E-state index in [1.54, 1.807) is 32.3 Å². The highest BCUT2D eigenvalue weighted by Gasteiger charge is 2.28. The molecule has 144 valence electrons. The number of nitrogens with zero attached hydrogens (tertiary/aromatic N) is 1. The van der Waals surface area contributed by atoms with E-state index < -0.39 is 5.91 Å². The van der Waals surface area contributed by atoms with E-state index in [0.29, 0.717) is 23.7 Å². The number of hydrogen-bond donors (Lipinski definition) is 1. The predicted molar refractivity (Wildman–Crippen MR) is 97.6 cm³/mol. The highest BCUT2D eigenvalue weighted by molar-refractivity contribution is 5.84. The summed E-state index contributed by atoms with van der Waals surface area (Å²) in [7, 11) is 4.66. The average Bonchev–Trinajstić information content (AvgIpc) is 3.17. The molecule has 1 aromatic carbocycles. The lowest BCUT2D eigenvalue weighted by atomic mass is 10.1. The molecule has 1 saturated carbocycles. The van der Waals surface area contributed by atoms with Gasteiger partial charge in [-0.2, -0.15) is 0 Å². The highest BCUT2D eigenvalue weighted by atomic mass is 16.5. The zero-order valence-electron chi connectivity index (χ0n) is 15.7. The van der Waals surface area contributed by atoms with Gasteiger partial charge in [0.2, 0.25) is 17.6 Å². The topological polar surface area (TPSA) is 91.1 Å². The third-order valence-electron chi connectivity index (χ3n) is 4.81. The molecule has 0 bridgehead atoms. The Hall–Kier alpha value is -2.44. The maximum Gasteiger partial charge on any atom is 0.237 e. The second-order valence-electron chi connectivity index (χ2n) is 6.42. The van der Waals surface area contributed by atoms with E-state index in [-0.39, 0.29) is 24.9 Å². The number of amides is 2. The molecular weight excluding hydrogens is 336 g/mol. The van der Waals surface area contributed by atoms with Crippen molar-refractivity contribution in [2.45, 2.75) is 44.6 Å². The summed E-state index contributed by atoms with van der Waals surface area (Å²) in [5.41, 5.74) is 6.19. The molecule has 7 heteroatoms. The molecule has 1 fully saturated rings. The molecule has 0 spiro atoms. The Morgan fingerprint density at radius 1 is 1.08 bits per heavy atom. The molecule has 1 aliphatic carbocycles. The number of primary amides is 1. The lowest BCUT2D eigenvalue weighted by molar-refractivity contribution is -0.137. The van der Waals surface area contributed by atoms with Crippen LogP contribution in [0.1, 0.15) is 37.7 Å². The lowest BCUT2D eigenvalue weighted by Crippen LogP contribution is -2.44. The van der Waals surface area contributed by atoms with Gasteiger partial charge in [0.15, 0.2) is 11.5 Å². The van der Waals surface area contributed by atoms with Crippen LogP contribution in [0.5, 0.6) is 17.2 Å². The van der Waals surface area contributed by atoms with Gasteiger partial charge in [0.1, 0.15) is 0 Å². The van der Waals surface area contributed by atoms with Crippen molar-refractivity contribution in [3.63, 3.8) is 0 Å². The first-order valence-electron chi connectivity index (χ1n) is 8.87. The van der Waals surface area contributed by atoms with Crippen LogP contribution in [0.15, 0.2) is 12.1 Å². The fraction of sp³-hybridized carbons (Fsp3) is 0.579. The molecule has 1 aliphatic rings. The van der Waals surface area contributed by atoms with E-state index in [1.165, 1.54) is 0 Å². The van der Waals surface area contributed by atoms with Crippen molar-refractivity contribution < 1.29 is 23.8 Å². The first-order chi connectivity index (χ1) is 12.5. The molecule has 0 atom stereocenters. The van der Waals surface area contributed by atoms with Gasteiger partial charge in [-0.15, -0.1) is 0 Å². The van der Waals surface area contributed by atoms with Crippen LogP contribution in [0.3, 0.4) is 0 Å². The second-order valence-corrected chi connectivity index (χ2v) is 6.42. The summed E-state index contributed by atoms with van der Waals surface area (Å²) in [6.45, 7) is -0.0213. The highest BCUT2D eigenvalue weighted by Crippen LogP contribution is 2.40. The van der Waals surface area contributed by atoms with E-state index in [9.17, 15) is 9.59 Å². The number of carbonyl (C=O) groups is 2. The molecule has 0 heterocycles. The van der Waals surface area contributed by atoms with Gasteiger partial charge < -0.3 is 24.8 Å². The standard InChI is InChI=1S/C19H28N2O5/c1-24-15-10-8-13(18(25-2)19(15)26-3)9-11-17(23)21(12-16(20)22)14-6-4-5-7-14/h8,10,14H,4-7,9,11-12H2,1-3H3,(H2,20,22). The molecule has 26 heavy (non-hydrogen) atoms. The molecule has 7 nitrogen and oxygen atoms in total. The fourth-order valence-electron chi connectivity index (χ4n) is 3.55. The Morgan fingerprint density at radius 3 is 2.27 bits per heavy atom. The third-order valence-corrected chi connectivity index (χ3v) is 4.81. The summed E-state index contributed by atoms with van der Waals surface area (Å²) >= 11 is 0. The van der Waals surface area contributed by atoms with Crippen LogP contribution in [0.2, 0.25) is 0 Å². The number of benzene rings is 1. The van der Waals surface area contributed by atoms with E-state index >= 15 is 0 Å². The Morgan fingerprint density at radius 2 is 1.73 bits per heavy atom. The molecule has 0 radical (unpaired) electrons. The zero-order valence-corrected chi connectivity index (χ0v) is 15.7. The van der Waals surface area contributed by atoms with Crippen molar-refractivity contribution >= 4 is 11.8 Å². The molecule has 1 aromatic rings. The molecule has 2 amide bonds. The number of carbonyl (C=O) groups excluding carboxylic acids is 2. The molecular formula is C19H28N2O5. The van der Waals surface area contributed by atoms with E-state index in [4.69, 9.17) is 19.9 Å². The largest absolute Gasteiger partial charge is 0.493 e. The van der Waals surface area contributed by atoms with Crippen LogP contribution in [0.25, 0.3) is 0 Å². The van der Waals surface area contributed by atoms with E-state index in [1.807, 2.05) is 6.07 Å². The third kappa shape index (κ3) is 4.59. The molecule has 0 saturated heterocycles. The van der Waals surface area contributed by atoms with Crippen molar-refractivity contribution in [2.24, 2.45) is 5.73 Å². The fourth-order valence-corrected chi connectivity index (χ4v) is 3.55. The smallest absolute Gasteiger partial charge is 0.237 e. The van der Waals surface area contributed by atoms with Gasteiger partial charge in [0, 0.05) is 12.5 Å². The average molecular weight is 364 g/mol. The van der Waals surface area contributed by atoms with Crippen LogP contribution in [-0.2, 0) is 16.0 Å². The van der Waals surface area contributed by atoms with Gasteiger partial charge >= 0.3 is 0 Å². The van der Waals surface area contributed by atoms with Crippen LogP contribution in [-0.4, -0.2) is 50.6 Å². The molecule has 0 unspecified atom stereocenters. The maximum absolute atomic E-state index is 12.7. The van der Waals surface area contributed by atoms with Gasteiger partial charge in [-0.1, -0.05) is 18.9 Å². The summed E-state index contributed by atoms with van der Waals surface area (Å²) in [4.78, 5) is 25.8. The summed E-state index contributed by atoms with van der Waals surface area (Å²) in [6.07, 6.45) is 4.77. The van der Waals surface area contributed by atoms with Crippen molar-refractivity contribution in [1.82, 2.24) is 4.90 Å². The zero-order chi connectivity index (χ0) is 19.1. The molecule has 0 aromatic heterocycles. The molecule has 0 aliphatic heterocycles. The Balaban J connectivity index is 2.13. The molecule has 2 rings (SSSR count). The number of hydrogen-bond acceptors (Lipinski definition) is 5. The van der Waals surface area contributed by atoms with Crippen molar-refractivity contribution in [2.75, 3.05) is 27.9 Å². The SMILES string of the molecule is COc1ccc(CCC(=O)N(CC(N)=O)C2CCCC2)c(OC)c1OC. The maximum atomic E-state index is 12.7. The number of rotatable bonds is 9. The first kappa shape index (κ1) is 19.9. The lowest BCUT2D eigenvalue weighted by Gasteiger charge is -2.28. The monoisotopic (exact) mass is 364 g/mol. The minimum Gasteiger partial charge on any atom is -0.493 e. The van der Waals surface area contributed by atoms with Gasteiger partial charge in [-0.05, 0) is 30.9 Å². The van der Waals surface area contributed by atoms with Crippen LogP contribution < -0.4 is 19.9 Å². The van der Waals surface area contributed by atoms with Crippen LogP contribution in [0, 0.1) is 0 Å². The summed E-state index contributed by atoms with van der Waals surface area (Å²) in [6, 6.07) is 3.77. The Bertz CT molecular complexity index is 641. The van der Waals surface area contributed by atoms with Crippen molar-refractivity contribution in [3.05, 3.63) is 17.7 Å². The number of methoxy groups -OCH3 is 3. The van der Waals surface area contributed by atoms with Crippen LogP contribution >= 0.6 is 0 Å². The molecule has 2 N–H and O–H groups in total.